The molecule has 3 N–H and O–H groups in total. The lowest BCUT2D eigenvalue weighted by Gasteiger charge is -2.21. The average molecular weight is 1550 g/mol. The van der Waals surface area contributed by atoms with E-state index in [0.717, 1.165) is 108 Å². The van der Waals surface area contributed by atoms with Gasteiger partial charge in [0, 0.05) is 25.7 Å². The fourth-order valence-electron chi connectivity index (χ4n) is 13.5. The standard InChI is InChI=1S/C87H170O17P2/c1-8-9-10-11-12-13-40-47-54-61-68-84(89)97-74-82(104-87(92)71-64-57-50-43-36-30-33-39-46-53-60-67-80(6)7)76-101-105(93,94)99-72-81(88)73-100-106(95,96)102-77-83(103-86(91)70-63-56-49-42-35-29-25-21-17-15-19-23-27-32-38-45-52-59-66-79(4)5)75-98-85(90)69-62-55-48-41-34-28-24-20-16-14-18-22-26-31-37-44-51-58-65-78(2)3/h78-83,88H,8-77H2,1-7H3,(H,93,94)(H,95,96)/t81-,82+,83+/m0/s1. The highest BCUT2D eigenvalue weighted by molar-refractivity contribution is 7.47. The zero-order valence-electron chi connectivity index (χ0n) is 69.9. The number of ether oxygens (including phenoxy) is 4. The van der Waals surface area contributed by atoms with Crippen molar-refractivity contribution < 1.29 is 80.2 Å². The summed E-state index contributed by atoms with van der Waals surface area (Å²) >= 11 is 0. The first-order chi connectivity index (χ1) is 51.2. The summed E-state index contributed by atoms with van der Waals surface area (Å²) in [6.45, 7) is 12.0. The molecule has 0 aromatic heterocycles. The van der Waals surface area contributed by atoms with Crippen LogP contribution in [0, 0.1) is 17.8 Å². The minimum Gasteiger partial charge on any atom is -0.462 e. The van der Waals surface area contributed by atoms with Crippen LogP contribution in [0.25, 0.3) is 0 Å². The molecule has 0 heterocycles. The van der Waals surface area contributed by atoms with E-state index in [4.69, 9.17) is 37.0 Å². The Morgan fingerprint density at radius 2 is 0.434 bits per heavy atom. The van der Waals surface area contributed by atoms with Crippen LogP contribution >= 0.6 is 15.6 Å². The molecule has 0 fully saturated rings. The van der Waals surface area contributed by atoms with Gasteiger partial charge in [0.05, 0.1) is 26.4 Å². The number of hydrogen-bond donors (Lipinski definition) is 3. The summed E-state index contributed by atoms with van der Waals surface area (Å²) in [6.07, 6.45) is 68.1. The van der Waals surface area contributed by atoms with Crippen molar-refractivity contribution in [3.05, 3.63) is 0 Å². The van der Waals surface area contributed by atoms with Gasteiger partial charge in [-0.05, 0) is 43.4 Å². The molecule has 0 aromatic carbocycles. The number of unbranched alkanes of at least 4 members (excludes halogenated alkanes) is 53. The van der Waals surface area contributed by atoms with Gasteiger partial charge in [0.1, 0.15) is 19.3 Å². The first-order valence-corrected chi connectivity index (χ1v) is 47.8. The van der Waals surface area contributed by atoms with Crippen LogP contribution in [0.4, 0.5) is 0 Å². The van der Waals surface area contributed by atoms with E-state index in [0.29, 0.717) is 25.7 Å². The number of aliphatic hydroxyl groups is 1. The Bertz CT molecular complexity index is 2040. The lowest BCUT2D eigenvalue weighted by molar-refractivity contribution is -0.161. The molecule has 630 valence electrons. The Morgan fingerprint density at radius 1 is 0.255 bits per heavy atom. The molecule has 0 amide bonds. The minimum atomic E-state index is -4.97. The summed E-state index contributed by atoms with van der Waals surface area (Å²) in [7, 11) is -9.93. The molecule has 0 saturated heterocycles. The van der Waals surface area contributed by atoms with Gasteiger partial charge >= 0.3 is 39.5 Å². The van der Waals surface area contributed by atoms with E-state index in [2.05, 4.69) is 48.5 Å². The van der Waals surface area contributed by atoms with Gasteiger partial charge in [-0.3, -0.25) is 37.3 Å². The van der Waals surface area contributed by atoms with Crippen LogP contribution in [0.3, 0.4) is 0 Å². The molecule has 0 aliphatic heterocycles. The maximum Gasteiger partial charge on any atom is 0.472 e. The summed E-state index contributed by atoms with van der Waals surface area (Å²) in [5.74, 6) is 0.305. The third kappa shape index (κ3) is 80.1. The number of carbonyl (C=O) groups excluding carboxylic acids is 4. The molecule has 0 aliphatic rings. The Morgan fingerprint density at radius 3 is 0.642 bits per heavy atom. The second-order valence-electron chi connectivity index (χ2n) is 32.7. The fourth-order valence-corrected chi connectivity index (χ4v) is 15.1. The molecule has 0 spiro atoms. The number of rotatable bonds is 85. The molecular weight excluding hydrogens is 1380 g/mol. The number of carbonyl (C=O) groups is 4. The largest absolute Gasteiger partial charge is 0.472 e. The highest BCUT2D eigenvalue weighted by Crippen LogP contribution is 2.45. The maximum atomic E-state index is 13.2. The first-order valence-electron chi connectivity index (χ1n) is 44.8. The smallest absolute Gasteiger partial charge is 0.462 e. The summed E-state index contributed by atoms with van der Waals surface area (Å²) in [5.41, 5.74) is 0. The van der Waals surface area contributed by atoms with Gasteiger partial charge in [-0.2, -0.15) is 0 Å². The van der Waals surface area contributed by atoms with Crippen molar-refractivity contribution in [2.45, 2.75) is 478 Å². The normalized spacial score (nSPS) is 13.9. The molecule has 0 saturated carbocycles. The second-order valence-corrected chi connectivity index (χ2v) is 35.6. The van der Waals surface area contributed by atoms with Gasteiger partial charge in [0.2, 0.25) is 0 Å². The zero-order valence-corrected chi connectivity index (χ0v) is 71.7. The van der Waals surface area contributed by atoms with Crippen LogP contribution in [-0.2, 0) is 65.4 Å². The molecule has 2 unspecified atom stereocenters. The van der Waals surface area contributed by atoms with Crippen LogP contribution in [0.2, 0.25) is 0 Å². The van der Waals surface area contributed by atoms with Gasteiger partial charge in [-0.1, -0.05) is 408 Å². The molecule has 0 bridgehead atoms. The molecule has 0 aromatic rings. The van der Waals surface area contributed by atoms with Gasteiger partial charge in [0.25, 0.3) is 0 Å². The lowest BCUT2D eigenvalue weighted by atomic mass is 10.0. The number of esters is 4. The van der Waals surface area contributed by atoms with E-state index in [1.165, 1.54) is 270 Å². The zero-order chi connectivity index (χ0) is 77.9. The third-order valence-electron chi connectivity index (χ3n) is 20.4. The Balaban J connectivity index is 5.21. The van der Waals surface area contributed by atoms with Crippen molar-refractivity contribution >= 4 is 39.5 Å². The van der Waals surface area contributed by atoms with E-state index in [1.54, 1.807) is 0 Å². The van der Waals surface area contributed by atoms with E-state index < -0.39 is 97.5 Å². The van der Waals surface area contributed by atoms with E-state index in [-0.39, 0.29) is 25.7 Å². The highest BCUT2D eigenvalue weighted by atomic mass is 31.2. The van der Waals surface area contributed by atoms with Crippen LogP contribution in [0.1, 0.15) is 459 Å². The number of phosphoric acid groups is 2. The van der Waals surface area contributed by atoms with Gasteiger partial charge in [0.15, 0.2) is 12.2 Å². The maximum absolute atomic E-state index is 13.2. The molecule has 0 rings (SSSR count). The highest BCUT2D eigenvalue weighted by Gasteiger charge is 2.30. The van der Waals surface area contributed by atoms with Gasteiger partial charge < -0.3 is 33.8 Å². The number of phosphoric ester groups is 2. The van der Waals surface area contributed by atoms with Crippen molar-refractivity contribution in [1.82, 2.24) is 0 Å². The predicted molar refractivity (Wildman–Crippen MR) is 437 cm³/mol. The summed E-state index contributed by atoms with van der Waals surface area (Å²) in [5, 5.41) is 10.7. The topological polar surface area (TPSA) is 237 Å². The molecule has 0 aliphatic carbocycles. The van der Waals surface area contributed by atoms with Crippen molar-refractivity contribution in [3.8, 4) is 0 Å². The summed E-state index contributed by atoms with van der Waals surface area (Å²) in [4.78, 5) is 73.2. The molecular formula is C87H170O17P2. The van der Waals surface area contributed by atoms with Crippen LogP contribution < -0.4 is 0 Å². The Hall–Kier alpha value is -1.94. The summed E-state index contributed by atoms with van der Waals surface area (Å²) < 4.78 is 68.9. The van der Waals surface area contributed by atoms with Crippen molar-refractivity contribution in [1.29, 1.82) is 0 Å². The molecule has 0 radical (unpaired) electrons. The SMILES string of the molecule is CCCCCCCCCCCCC(=O)OC[C@H](COP(=O)(O)OC[C@H](O)COP(=O)(O)OC[C@@H](COC(=O)CCCCCCCCCCCCCCCCCCCCC(C)C)OC(=O)CCCCCCCCCCCCCCCCCCCCC(C)C)OC(=O)CCCCCCCCCCCCCC(C)C. The van der Waals surface area contributed by atoms with Crippen molar-refractivity contribution in [2.75, 3.05) is 39.6 Å². The number of hydrogen-bond acceptors (Lipinski definition) is 15. The predicted octanol–water partition coefficient (Wildman–Crippen LogP) is 26.5. The fraction of sp³-hybridized carbons (Fsp3) is 0.954. The quantitative estimate of drug-likeness (QED) is 0.0222. The molecule has 17 nitrogen and oxygen atoms in total. The Labute approximate surface area is 651 Å². The van der Waals surface area contributed by atoms with Crippen molar-refractivity contribution in [2.24, 2.45) is 17.8 Å². The Kier molecular flexibility index (Phi) is 75.6. The van der Waals surface area contributed by atoms with Gasteiger partial charge in [-0.25, -0.2) is 9.13 Å². The van der Waals surface area contributed by atoms with E-state index >= 15 is 0 Å². The van der Waals surface area contributed by atoms with E-state index in [9.17, 15) is 43.2 Å². The van der Waals surface area contributed by atoms with Crippen LogP contribution in [0.15, 0.2) is 0 Å². The monoisotopic (exact) mass is 1550 g/mol. The molecule has 106 heavy (non-hydrogen) atoms. The second kappa shape index (κ2) is 77.0. The first kappa shape index (κ1) is 104. The van der Waals surface area contributed by atoms with Gasteiger partial charge in [-0.15, -0.1) is 0 Å². The van der Waals surface area contributed by atoms with Crippen LogP contribution in [-0.4, -0.2) is 96.7 Å². The molecule has 5 atom stereocenters. The number of aliphatic hydroxyl groups excluding tert-OH is 1. The van der Waals surface area contributed by atoms with E-state index in [1.807, 2.05) is 0 Å². The molecule has 19 heteroatoms. The van der Waals surface area contributed by atoms with Crippen molar-refractivity contribution in [3.63, 3.8) is 0 Å². The minimum absolute atomic E-state index is 0.107. The third-order valence-corrected chi connectivity index (χ3v) is 22.3. The lowest BCUT2D eigenvalue weighted by Crippen LogP contribution is -2.30. The summed E-state index contributed by atoms with van der Waals surface area (Å²) in [6, 6.07) is 0. The average Bonchev–Trinajstić information content (AvgIpc) is 0.902. The van der Waals surface area contributed by atoms with Crippen LogP contribution in [0.5, 0.6) is 0 Å².